The number of rotatable bonds is 4. The number of nitrogen functional groups attached to an aromatic ring is 1. The molecule has 0 amide bonds. The lowest BCUT2D eigenvalue weighted by Gasteiger charge is -2.30. The Morgan fingerprint density at radius 1 is 1.08 bits per heavy atom. The van der Waals surface area contributed by atoms with Crippen molar-refractivity contribution < 1.29 is 0 Å². The second-order valence-corrected chi connectivity index (χ2v) is 10.2. The van der Waals surface area contributed by atoms with Gasteiger partial charge in [-0.2, -0.15) is 0 Å². The molecule has 0 saturated carbocycles. The average molecular weight is 436 g/mol. The summed E-state index contributed by atoms with van der Waals surface area (Å²) in [6, 6.07) is 9.83. The summed E-state index contributed by atoms with van der Waals surface area (Å²) >= 11 is 9.57. The Kier molecular flexibility index (Phi) is 9.10. The van der Waals surface area contributed by atoms with Crippen LogP contribution < -0.4 is 10.6 Å². The van der Waals surface area contributed by atoms with Crippen molar-refractivity contribution in [3.05, 3.63) is 35.4 Å². The topological polar surface area (TPSA) is 32.5 Å². The van der Waals surface area contributed by atoms with Crippen LogP contribution in [0, 0.1) is 0 Å². The molecule has 8 heteroatoms. The van der Waals surface area contributed by atoms with Crippen molar-refractivity contribution in [1.82, 2.24) is 4.31 Å². The van der Waals surface area contributed by atoms with E-state index in [1.165, 1.54) is 34.4 Å². The van der Waals surface area contributed by atoms with Crippen LogP contribution in [0.15, 0.2) is 38.8 Å². The van der Waals surface area contributed by atoms with Crippen LogP contribution in [0.4, 0.5) is 11.4 Å². The highest BCUT2D eigenvalue weighted by Crippen LogP contribution is 2.35. The Bertz CT molecular complexity index is 638. The summed E-state index contributed by atoms with van der Waals surface area (Å²) in [6.45, 7) is 2.15. The van der Waals surface area contributed by atoms with Gasteiger partial charge in [-0.3, -0.25) is 4.31 Å². The number of anilines is 2. The quantitative estimate of drug-likeness (QED) is 0.438. The summed E-state index contributed by atoms with van der Waals surface area (Å²) in [5.41, 5.74) is 7.74. The minimum atomic E-state index is 0.770. The molecule has 138 valence electrons. The lowest BCUT2D eigenvalue weighted by molar-refractivity contribution is 0.578. The first-order valence-corrected chi connectivity index (χ1v) is 11.6. The molecule has 1 aliphatic heterocycles. The molecular formula is C17H23Cl2N3S3. The standard InChI is InChI=1S/C11H15ClN2.C6H8ClNS3/c12-9-5-4-6-10(13)11(9)14-7-2-1-3-8-14;1-8(2)11-6-4-3-5(9-6)10-7/h4-6H,1-3,7-8,13H2;3-4H,1-2H3. The summed E-state index contributed by atoms with van der Waals surface area (Å²) in [6.07, 6.45) is 3.80. The van der Waals surface area contributed by atoms with Gasteiger partial charge in [0.25, 0.3) is 0 Å². The van der Waals surface area contributed by atoms with Crippen LogP contribution in [0.1, 0.15) is 19.3 Å². The van der Waals surface area contributed by atoms with E-state index in [9.17, 15) is 0 Å². The van der Waals surface area contributed by atoms with Gasteiger partial charge in [0.05, 0.1) is 24.8 Å². The summed E-state index contributed by atoms with van der Waals surface area (Å²) in [5.74, 6) is 0. The lowest BCUT2D eigenvalue weighted by atomic mass is 10.1. The third-order valence-corrected chi connectivity index (χ3v) is 7.29. The molecule has 0 aliphatic carbocycles. The predicted molar refractivity (Wildman–Crippen MR) is 118 cm³/mol. The van der Waals surface area contributed by atoms with Gasteiger partial charge in [-0.15, -0.1) is 11.3 Å². The maximum absolute atomic E-state index is 6.14. The van der Waals surface area contributed by atoms with Crippen LogP contribution in [0.3, 0.4) is 0 Å². The second kappa shape index (κ2) is 10.8. The highest BCUT2D eigenvalue weighted by Gasteiger charge is 2.15. The van der Waals surface area contributed by atoms with E-state index in [0.29, 0.717) is 0 Å². The van der Waals surface area contributed by atoms with Crippen LogP contribution in [0.25, 0.3) is 0 Å². The molecule has 0 unspecified atom stereocenters. The molecule has 2 N–H and O–H groups in total. The van der Waals surface area contributed by atoms with E-state index in [1.54, 1.807) is 23.3 Å². The maximum Gasteiger partial charge on any atom is 0.0789 e. The van der Waals surface area contributed by atoms with Crippen LogP contribution in [-0.4, -0.2) is 31.5 Å². The molecule has 1 fully saturated rings. The highest BCUT2D eigenvalue weighted by molar-refractivity contribution is 8.22. The number of nitrogens with two attached hydrogens (primary N) is 1. The van der Waals surface area contributed by atoms with E-state index in [1.807, 2.05) is 38.4 Å². The van der Waals surface area contributed by atoms with E-state index in [2.05, 4.69) is 15.3 Å². The first-order valence-electron chi connectivity index (χ1n) is 8.04. The minimum absolute atomic E-state index is 0.770. The third-order valence-electron chi connectivity index (χ3n) is 3.60. The van der Waals surface area contributed by atoms with Gasteiger partial charge in [0, 0.05) is 13.1 Å². The monoisotopic (exact) mass is 435 g/mol. The highest BCUT2D eigenvalue weighted by atomic mass is 35.7. The molecule has 2 aromatic rings. The van der Waals surface area contributed by atoms with Gasteiger partial charge < -0.3 is 10.6 Å². The van der Waals surface area contributed by atoms with Gasteiger partial charge in [0.15, 0.2) is 0 Å². The average Bonchev–Trinajstić information content (AvgIpc) is 3.03. The molecule has 25 heavy (non-hydrogen) atoms. The van der Waals surface area contributed by atoms with Crippen LogP contribution in [0.5, 0.6) is 0 Å². The molecule has 0 spiro atoms. The fraction of sp³-hybridized carbons (Fsp3) is 0.412. The number of para-hydroxylation sites is 1. The minimum Gasteiger partial charge on any atom is -0.397 e. The van der Waals surface area contributed by atoms with E-state index in [-0.39, 0.29) is 0 Å². The number of thiophene rings is 1. The molecule has 0 bridgehead atoms. The summed E-state index contributed by atoms with van der Waals surface area (Å²) in [4.78, 5) is 2.29. The number of halogens is 2. The van der Waals surface area contributed by atoms with Gasteiger partial charge in [-0.1, -0.05) is 17.7 Å². The molecule has 0 radical (unpaired) electrons. The number of benzene rings is 1. The third kappa shape index (κ3) is 6.77. The van der Waals surface area contributed by atoms with Crippen LogP contribution in [0.2, 0.25) is 5.02 Å². The summed E-state index contributed by atoms with van der Waals surface area (Å²) in [7, 11) is 10.9. The van der Waals surface area contributed by atoms with Gasteiger partial charge in [0.2, 0.25) is 0 Å². The zero-order chi connectivity index (χ0) is 18.2. The van der Waals surface area contributed by atoms with Gasteiger partial charge in [0.1, 0.15) is 0 Å². The maximum atomic E-state index is 6.14. The Hall–Kier alpha value is -0.240. The Morgan fingerprint density at radius 3 is 2.32 bits per heavy atom. The van der Waals surface area contributed by atoms with Gasteiger partial charge in [-0.05, 0) is 91.2 Å². The summed E-state index contributed by atoms with van der Waals surface area (Å²) < 4.78 is 4.49. The fourth-order valence-corrected chi connectivity index (χ4v) is 5.79. The first kappa shape index (κ1) is 21.1. The molecule has 1 aromatic carbocycles. The van der Waals surface area contributed by atoms with E-state index in [0.717, 1.165) is 33.7 Å². The number of nitrogens with zero attached hydrogens (tertiary/aromatic N) is 2. The molecule has 1 aliphatic rings. The molecule has 1 aromatic heterocycles. The van der Waals surface area contributed by atoms with Crippen molar-refractivity contribution in [1.29, 1.82) is 0 Å². The normalized spacial score (nSPS) is 14.4. The molecule has 2 heterocycles. The van der Waals surface area contributed by atoms with Crippen molar-refractivity contribution >= 4 is 67.9 Å². The summed E-state index contributed by atoms with van der Waals surface area (Å²) in [5, 5.41) is 0.770. The van der Waals surface area contributed by atoms with E-state index < -0.39 is 0 Å². The van der Waals surface area contributed by atoms with Crippen molar-refractivity contribution in [2.45, 2.75) is 27.7 Å². The zero-order valence-corrected chi connectivity index (χ0v) is 18.3. The molecule has 3 rings (SSSR count). The predicted octanol–water partition coefficient (Wildman–Crippen LogP) is 6.48. The smallest absolute Gasteiger partial charge is 0.0789 e. The van der Waals surface area contributed by atoms with Gasteiger partial charge in [-0.25, -0.2) is 0 Å². The SMILES string of the molecule is CN(C)Sc1ccc(SCl)s1.Nc1cccc(Cl)c1N1CCCCC1. The molecule has 3 nitrogen and oxygen atoms in total. The van der Waals surface area contributed by atoms with E-state index in [4.69, 9.17) is 28.0 Å². The second-order valence-electron chi connectivity index (χ2n) is 5.78. The Labute approximate surface area is 172 Å². The van der Waals surface area contributed by atoms with Gasteiger partial charge >= 0.3 is 0 Å². The Balaban J connectivity index is 0.000000186. The first-order chi connectivity index (χ1) is 12.0. The lowest BCUT2D eigenvalue weighted by Crippen LogP contribution is -2.30. The van der Waals surface area contributed by atoms with Crippen LogP contribution >= 0.6 is 56.5 Å². The molecule has 0 atom stereocenters. The zero-order valence-electron chi connectivity index (χ0n) is 14.4. The van der Waals surface area contributed by atoms with Crippen LogP contribution in [-0.2, 0) is 0 Å². The van der Waals surface area contributed by atoms with E-state index >= 15 is 0 Å². The fourth-order valence-electron chi connectivity index (χ4n) is 2.56. The van der Waals surface area contributed by atoms with Crippen molar-refractivity contribution in [2.24, 2.45) is 0 Å². The molecule has 1 saturated heterocycles. The van der Waals surface area contributed by atoms with Crippen molar-refractivity contribution in [3.63, 3.8) is 0 Å². The largest absolute Gasteiger partial charge is 0.397 e. The number of hydrogen-bond acceptors (Lipinski definition) is 6. The Morgan fingerprint density at radius 2 is 1.76 bits per heavy atom. The number of hydrogen-bond donors (Lipinski definition) is 1. The molecular weight excluding hydrogens is 413 g/mol. The number of piperidine rings is 1. The van der Waals surface area contributed by atoms with Crippen molar-refractivity contribution in [2.75, 3.05) is 37.8 Å². The van der Waals surface area contributed by atoms with Crippen molar-refractivity contribution in [3.8, 4) is 0 Å².